The normalized spacial score (nSPS) is 11.5. The summed E-state index contributed by atoms with van der Waals surface area (Å²) in [5, 5.41) is 6.19. The molecule has 1 aromatic carbocycles. The fourth-order valence-corrected chi connectivity index (χ4v) is 2.90. The Morgan fingerprint density at radius 1 is 1.07 bits per heavy atom. The summed E-state index contributed by atoms with van der Waals surface area (Å²) in [4.78, 5) is 13.0. The molecule has 0 aliphatic heterocycles. The zero-order valence-corrected chi connectivity index (χ0v) is 16.6. The summed E-state index contributed by atoms with van der Waals surface area (Å²) in [5.74, 6) is 0.847. The molecule has 0 saturated heterocycles. The molecule has 0 unspecified atom stereocenters. The number of benzene rings is 1. The standard InChI is InChI=1S/C19H17BrF3N5/c1-11(2)25-18-27-16(12-4-3-7-24-10-12)9-17(28-18)26-15-6-5-13(8-14(15)20)19(21,22)23/h3-11H,1-2H3,(H2,25,26,27,28). The van der Waals surface area contributed by atoms with Crippen molar-refractivity contribution in [2.45, 2.75) is 26.1 Å². The average Bonchev–Trinajstić information content (AvgIpc) is 2.62. The van der Waals surface area contributed by atoms with Crippen LogP contribution < -0.4 is 10.6 Å². The molecule has 3 aromatic rings. The molecule has 5 nitrogen and oxygen atoms in total. The second-order valence-corrected chi connectivity index (χ2v) is 7.17. The van der Waals surface area contributed by atoms with Gasteiger partial charge >= 0.3 is 6.18 Å². The van der Waals surface area contributed by atoms with Gasteiger partial charge in [0.25, 0.3) is 0 Å². The molecule has 0 radical (unpaired) electrons. The van der Waals surface area contributed by atoms with E-state index in [-0.39, 0.29) is 10.5 Å². The first-order chi connectivity index (χ1) is 13.2. The molecule has 0 atom stereocenters. The lowest BCUT2D eigenvalue weighted by Crippen LogP contribution is -2.13. The molecule has 0 saturated carbocycles. The first-order valence-electron chi connectivity index (χ1n) is 8.42. The minimum atomic E-state index is -4.40. The van der Waals surface area contributed by atoms with Crippen molar-refractivity contribution in [1.29, 1.82) is 0 Å². The van der Waals surface area contributed by atoms with Crippen LogP contribution in [0.3, 0.4) is 0 Å². The van der Waals surface area contributed by atoms with Crippen molar-refractivity contribution in [2.24, 2.45) is 0 Å². The van der Waals surface area contributed by atoms with E-state index in [0.717, 1.165) is 17.7 Å². The largest absolute Gasteiger partial charge is 0.416 e. The molecule has 0 amide bonds. The molecule has 0 aliphatic rings. The Balaban J connectivity index is 1.97. The van der Waals surface area contributed by atoms with Crippen LogP contribution in [0.25, 0.3) is 11.3 Å². The zero-order chi connectivity index (χ0) is 20.3. The average molecular weight is 452 g/mol. The predicted octanol–water partition coefficient (Wildman–Crippen LogP) is 5.88. The maximum Gasteiger partial charge on any atom is 0.416 e. The molecule has 3 rings (SSSR count). The molecule has 2 heterocycles. The lowest BCUT2D eigenvalue weighted by molar-refractivity contribution is -0.137. The van der Waals surface area contributed by atoms with Gasteiger partial charge in [0.2, 0.25) is 5.95 Å². The number of nitrogens with zero attached hydrogens (tertiary/aromatic N) is 3. The number of halogens is 4. The molecule has 0 spiro atoms. The Morgan fingerprint density at radius 3 is 2.46 bits per heavy atom. The highest BCUT2D eigenvalue weighted by Crippen LogP contribution is 2.35. The van der Waals surface area contributed by atoms with Crippen LogP contribution in [-0.2, 0) is 6.18 Å². The highest BCUT2D eigenvalue weighted by Gasteiger charge is 2.30. The van der Waals surface area contributed by atoms with Crippen molar-refractivity contribution in [3.8, 4) is 11.3 Å². The molecule has 0 bridgehead atoms. The third kappa shape index (κ3) is 4.98. The number of anilines is 3. The van der Waals surface area contributed by atoms with Gasteiger partial charge in [0, 0.05) is 34.5 Å². The summed E-state index contributed by atoms with van der Waals surface area (Å²) in [7, 11) is 0. The number of hydrogen-bond acceptors (Lipinski definition) is 5. The topological polar surface area (TPSA) is 62.7 Å². The maximum atomic E-state index is 12.9. The van der Waals surface area contributed by atoms with Gasteiger partial charge in [-0.1, -0.05) is 0 Å². The second kappa shape index (κ2) is 8.14. The van der Waals surface area contributed by atoms with Crippen LogP contribution in [0.4, 0.5) is 30.6 Å². The van der Waals surface area contributed by atoms with Gasteiger partial charge in [0.05, 0.1) is 16.9 Å². The van der Waals surface area contributed by atoms with Crippen LogP contribution in [0.5, 0.6) is 0 Å². The number of pyridine rings is 1. The Bertz CT molecular complexity index is 962. The fraction of sp³-hybridized carbons (Fsp3) is 0.211. The predicted molar refractivity (Wildman–Crippen MR) is 106 cm³/mol. The van der Waals surface area contributed by atoms with Gasteiger partial charge in [-0.25, -0.2) is 4.98 Å². The first kappa shape index (κ1) is 20.1. The van der Waals surface area contributed by atoms with Crippen LogP contribution in [0.15, 0.2) is 53.3 Å². The van der Waals surface area contributed by atoms with Crippen molar-refractivity contribution in [2.75, 3.05) is 10.6 Å². The van der Waals surface area contributed by atoms with Gasteiger partial charge < -0.3 is 10.6 Å². The number of hydrogen-bond donors (Lipinski definition) is 2. The summed E-state index contributed by atoms with van der Waals surface area (Å²) in [6, 6.07) is 8.89. The molecular weight excluding hydrogens is 435 g/mol. The smallest absolute Gasteiger partial charge is 0.352 e. The van der Waals surface area contributed by atoms with E-state index < -0.39 is 11.7 Å². The number of aromatic nitrogens is 3. The Labute approximate surface area is 168 Å². The molecule has 9 heteroatoms. The molecule has 0 aliphatic carbocycles. The highest BCUT2D eigenvalue weighted by atomic mass is 79.9. The van der Waals surface area contributed by atoms with E-state index in [1.54, 1.807) is 24.5 Å². The first-order valence-corrected chi connectivity index (χ1v) is 9.21. The summed E-state index contributed by atoms with van der Waals surface area (Å²) in [5.41, 5.74) is 1.16. The van der Waals surface area contributed by atoms with Gasteiger partial charge in [-0.3, -0.25) is 4.98 Å². The van der Waals surface area contributed by atoms with Crippen LogP contribution in [0.2, 0.25) is 0 Å². The van der Waals surface area contributed by atoms with E-state index in [0.29, 0.717) is 23.1 Å². The lowest BCUT2D eigenvalue weighted by atomic mass is 10.2. The summed E-state index contributed by atoms with van der Waals surface area (Å²) < 4.78 is 38.9. The molecular formula is C19H17BrF3N5. The highest BCUT2D eigenvalue weighted by molar-refractivity contribution is 9.10. The quantitative estimate of drug-likeness (QED) is 0.506. The molecule has 2 aromatic heterocycles. The van der Waals surface area contributed by atoms with E-state index in [1.807, 2.05) is 19.9 Å². The number of alkyl halides is 3. The number of rotatable bonds is 5. The second-order valence-electron chi connectivity index (χ2n) is 6.32. The maximum absolute atomic E-state index is 12.9. The van der Waals surface area contributed by atoms with Crippen molar-refractivity contribution in [3.05, 3.63) is 58.8 Å². The van der Waals surface area contributed by atoms with E-state index in [2.05, 4.69) is 41.5 Å². The molecule has 2 N–H and O–H groups in total. The van der Waals surface area contributed by atoms with Gasteiger partial charge in [0.15, 0.2) is 0 Å². The third-order valence-corrected chi connectivity index (χ3v) is 4.32. The summed E-state index contributed by atoms with van der Waals surface area (Å²) in [6.45, 7) is 3.92. The van der Waals surface area contributed by atoms with Crippen LogP contribution in [0.1, 0.15) is 19.4 Å². The Morgan fingerprint density at radius 2 is 1.86 bits per heavy atom. The van der Waals surface area contributed by atoms with Crippen molar-refractivity contribution in [3.63, 3.8) is 0 Å². The lowest BCUT2D eigenvalue weighted by Gasteiger charge is -2.14. The molecule has 146 valence electrons. The van der Waals surface area contributed by atoms with E-state index in [4.69, 9.17) is 0 Å². The summed E-state index contributed by atoms with van der Waals surface area (Å²) >= 11 is 3.19. The third-order valence-electron chi connectivity index (χ3n) is 3.66. The Hall–Kier alpha value is -2.68. The van der Waals surface area contributed by atoms with Gasteiger partial charge in [-0.2, -0.15) is 18.2 Å². The van der Waals surface area contributed by atoms with E-state index >= 15 is 0 Å². The SMILES string of the molecule is CC(C)Nc1nc(Nc2ccc(C(F)(F)F)cc2Br)cc(-c2cccnc2)n1. The fourth-order valence-electron chi connectivity index (χ4n) is 2.43. The van der Waals surface area contributed by atoms with Gasteiger partial charge in [-0.05, 0) is 60.1 Å². The minimum absolute atomic E-state index is 0.106. The van der Waals surface area contributed by atoms with Crippen LogP contribution >= 0.6 is 15.9 Å². The van der Waals surface area contributed by atoms with Crippen molar-refractivity contribution >= 4 is 33.4 Å². The van der Waals surface area contributed by atoms with Crippen LogP contribution in [0, 0.1) is 0 Å². The summed E-state index contributed by atoms with van der Waals surface area (Å²) in [6.07, 6.45) is -1.06. The molecule has 0 fully saturated rings. The number of nitrogens with one attached hydrogen (secondary N) is 2. The monoisotopic (exact) mass is 451 g/mol. The van der Waals surface area contributed by atoms with Crippen molar-refractivity contribution < 1.29 is 13.2 Å². The zero-order valence-electron chi connectivity index (χ0n) is 15.0. The van der Waals surface area contributed by atoms with E-state index in [1.165, 1.54) is 6.07 Å². The minimum Gasteiger partial charge on any atom is -0.352 e. The van der Waals surface area contributed by atoms with Crippen molar-refractivity contribution in [1.82, 2.24) is 15.0 Å². The van der Waals surface area contributed by atoms with E-state index in [9.17, 15) is 13.2 Å². The van der Waals surface area contributed by atoms with Gasteiger partial charge in [0.1, 0.15) is 5.82 Å². The molecule has 28 heavy (non-hydrogen) atoms. The van der Waals surface area contributed by atoms with Crippen LogP contribution in [-0.4, -0.2) is 21.0 Å². The van der Waals surface area contributed by atoms with Gasteiger partial charge in [-0.15, -0.1) is 0 Å². The Kier molecular flexibility index (Phi) is 5.83.